The molecule has 3 heterocycles. The number of hydrogen-bond donors (Lipinski definition) is 6. The van der Waals surface area contributed by atoms with Gasteiger partial charge in [-0.2, -0.15) is 0 Å². The molecule has 2 aliphatic rings. The van der Waals surface area contributed by atoms with Gasteiger partial charge in [-0.3, -0.25) is 28.8 Å². The number of aromatic nitrogens is 2. The number of imidazole rings is 1. The Balaban J connectivity index is 1.59. The molecule has 2 saturated heterocycles. The summed E-state index contributed by atoms with van der Waals surface area (Å²) in [6.45, 7) is 5.33. The monoisotopic (exact) mass is 680 g/mol. The number of aryl methyl sites for hydroxylation is 1. The summed E-state index contributed by atoms with van der Waals surface area (Å²) in [5.41, 5.74) is 0.771. The van der Waals surface area contributed by atoms with Crippen LogP contribution in [0.15, 0.2) is 42.7 Å². The number of nitrogens with zero attached hydrogens (tertiary/aromatic N) is 3. The van der Waals surface area contributed by atoms with Gasteiger partial charge in [0.1, 0.15) is 42.6 Å². The predicted molar refractivity (Wildman–Crippen MR) is 178 cm³/mol. The van der Waals surface area contributed by atoms with Gasteiger partial charge in [0.2, 0.25) is 35.4 Å². The number of carbonyl (C=O) groups excluding carboxylic acids is 6. The molecule has 1 aromatic heterocycles. The Morgan fingerprint density at radius 1 is 0.959 bits per heavy atom. The number of nitrogens with one attached hydrogen (secondary N) is 5. The van der Waals surface area contributed by atoms with E-state index in [1.807, 2.05) is 30.3 Å². The summed E-state index contributed by atoms with van der Waals surface area (Å²) in [7, 11) is 0. The SMILES string of the molecule is CC[C@@H]1NC(=O)[C@@H](NC(=O)Cn2ccnc2C)CCCCNC(=O)[C@@H]2CCCN2C(=O)[C@@H](Cc2ccccc2)NC(=O)[C@H]([C@@H](C)O)NC1=O. The average molecular weight is 681 g/mol. The fourth-order valence-corrected chi connectivity index (χ4v) is 6.14. The number of aliphatic hydroxyl groups excluding tert-OH is 1. The third-order valence-electron chi connectivity index (χ3n) is 8.95. The van der Waals surface area contributed by atoms with Gasteiger partial charge < -0.3 is 41.2 Å². The van der Waals surface area contributed by atoms with Crippen LogP contribution < -0.4 is 26.6 Å². The van der Waals surface area contributed by atoms with Crippen LogP contribution in [0.5, 0.6) is 0 Å². The van der Waals surface area contributed by atoms with Gasteiger partial charge in [0.15, 0.2) is 0 Å². The number of fused-ring (bicyclic) bond motifs is 1. The molecule has 6 amide bonds. The number of hydrogen-bond acceptors (Lipinski definition) is 8. The lowest BCUT2D eigenvalue weighted by Gasteiger charge is -2.30. The van der Waals surface area contributed by atoms with E-state index in [9.17, 15) is 33.9 Å². The number of benzene rings is 1. The van der Waals surface area contributed by atoms with Crippen LogP contribution in [-0.2, 0) is 41.7 Å². The molecular formula is C34H48N8O7. The van der Waals surface area contributed by atoms with Crippen molar-refractivity contribution >= 4 is 35.4 Å². The highest BCUT2D eigenvalue weighted by Gasteiger charge is 2.39. The molecule has 2 aliphatic heterocycles. The van der Waals surface area contributed by atoms with Crippen LogP contribution in [0.4, 0.5) is 0 Å². The zero-order valence-electron chi connectivity index (χ0n) is 28.3. The van der Waals surface area contributed by atoms with Crippen molar-refractivity contribution in [2.75, 3.05) is 13.1 Å². The van der Waals surface area contributed by atoms with Gasteiger partial charge in [0.05, 0.1) is 6.10 Å². The van der Waals surface area contributed by atoms with Crippen LogP contribution in [0.1, 0.15) is 63.8 Å². The predicted octanol–water partition coefficient (Wildman–Crippen LogP) is -0.545. The highest BCUT2D eigenvalue weighted by Crippen LogP contribution is 2.20. The van der Waals surface area contributed by atoms with Gasteiger partial charge in [-0.25, -0.2) is 4.98 Å². The molecule has 6 atom stereocenters. The second-order valence-electron chi connectivity index (χ2n) is 12.6. The van der Waals surface area contributed by atoms with Crippen LogP contribution in [0.2, 0.25) is 0 Å². The second-order valence-corrected chi connectivity index (χ2v) is 12.6. The van der Waals surface area contributed by atoms with Crippen molar-refractivity contribution in [3.63, 3.8) is 0 Å². The molecule has 266 valence electrons. The van der Waals surface area contributed by atoms with Crippen molar-refractivity contribution in [1.29, 1.82) is 0 Å². The molecule has 0 radical (unpaired) electrons. The lowest BCUT2D eigenvalue weighted by Crippen LogP contribution is -2.61. The molecule has 6 N–H and O–H groups in total. The third kappa shape index (κ3) is 10.1. The van der Waals surface area contributed by atoms with Crippen LogP contribution in [0.3, 0.4) is 0 Å². The van der Waals surface area contributed by atoms with Gasteiger partial charge in [0, 0.05) is 31.9 Å². The standard InChI is InChI=1S/C34H48N8O7/c1-4-24-30(45)40-29(21(2)43)33(48)39-26(19-23-11-6-5-7-12-23)34(49)42-17-10-14-27(42)32(47)36-15-9-8-13-25(31(46)38-24)37-28(44)20-41-18-16-35-22(41)3/h5-7,11-12,16,18,21,24-27,29,43H,4,8-10,13-15,17,19-20H2,1-3H3,(H,36,47)(H,37,44)(H,38,46)(H,39,48)(H,40,45)/t21-,24+,25+,26-,27+,29+/m1/s1. The highest BCUT2D eigenvalue weighted by molar-refractivity contribution is 5.97. The third-order valence-corrected chi connectivity index (χ3v) is 8.95. The number of carbonyl (C=O) groups is 6. The maximum atomic E-state index is 14.0. The molecule has 2 fully saturated rings. The minimum Gasteiger partial charge on any atom is -0.391 e. The zero-order chi connectivity index (χ0) is 35.5. The molecule has 2 aromatic rings. The van der Waals surface area contributed by atoms with Gasteiger partial charge in [-0.15, -0.1) is 0 Å². The van der Waals surface area contributed by atoms with E-state index < -0.39 is 65.8 Å². The van der Waals surface area contributed by atoms with Gasteiger partial charge in [0.25, 0.3) is 0 Å². The van der Waals surface area contributed by atoms with E-state index in [2.05, 4.69) is 31.6 Å². The smallest absolute Gasteiger partial charge is 0.246 e. The quantitative estimate of drug-likeness (QED) is 0.224. The summed E-state index contributed by atoms with van der Waals surface area (Å²) in [5, 5.41) is 24.2. The normalized spacial score (nSPS) is 25.4. The molecular weight excluding hydrogens is 632 g/mol. The Morgan fingerprint density at radius 2 is 1.69 bits per heavy atom. The first-order valence-corrected chi connectivity index (χ1v) is 17.0. The van der Waals surface area contributed by atoms with Crippen LogP contribution in [0, 0.1) is 6.92 Å². The largest absolute Gasteiger partial charge is 0.391 e. The van der Waals surface area contributed by atoms with E-state index in [0.717, 1.165) is 5.56 Å². The first-order valence-electron chi connectivity index (χ1n) is 17.0. The summed E-state index contributed by atoms with van der Waals surface area (Å²) in [6, 6.07) is 3.73. The molecule has 0 aliphatic carbocycles. The summed E-state index contributed by atoms with van der Waals surface area (Å²) in [5.74, 6) is -2.64. The molecule has 0 bridgehead atoms. The number of rotatable bonds is 7. The minimum atomic E-state index is -1.46. The average Bonchev–Trinajstić information content (AvgIpc) is 3.73. The lowest BCUT2D eigenvalue weighted by atomic mass is 10.0. The Morgan fingerprint density at radius 3 is 2.37 bits per heavy atom. The van der Waals surface area contributed by atoms with Crippen molar-refractivity contribution in [1.82, 2.24) is 41.0 Å². The van der Waals surface area contributed by atoms with E-state index >= 15 is 0 Å². The highest BCUT2D eigenvalue weighted by atomic mass is 16.3. The molecule has 15 nitrogen and oxygen atoms in total. The Labute approximate surface area is 286 Å². The van der Waals surface area contributed by atoms with Crippen LogP contribution in [0.25, 0.3) is 0 Å². The minimum absolute atomic E-state index is 0.0591. The van der Waals surface area contributed by atoms with Crippen molar-refractivity contribution in [3.05, 3.63) is 54.1 Å². The Hall–Kier alpha value is -4.79. The number of amides is 6. The fourth-order valence-electron chi connectivity index (χ4n) is 6.14. The molecule has 0 spiro atoms. The molecule has 15 heteroatoms. The Kier molecular flexibility index (Phi) is 13.3. The van der Waals surface area contributed by atoms with E-state index in [-0.39, 0.29) is 38.3 Å². The van der Waals surface area contributed by atoms with Gasteiger partial charge in [-0.05, 0) is 57.9 Å². The first kappa shape index (κ1) is 37.0. The fraction of sp³-hybridized carbons (Fsp3) is 0.559. The van der Waals surface area contributed by atoms with E-state index in [1.165, 1.54) is 11.8 Å². The van der Waals surface area contributed by atoms with Crippen molar-refractivity contribution in [2.24, 2.45) is 0 Å². The maximum Gasteiger partial charge on any atom is 0.246 e. The molecule has 49 heavy (non-hydrogen) atoms. The molecule has 0 saturated carbocycles. The van der Waals surface area contributed by atoms with Crippen LogP contribution in [-0.4, -0.2) is 104 Å². The van der Waals surface area contributed by atoms with Gasteiger partial charge >= 0.3 is 0 Å². The lowest BCUT2D eigenvalue weighted by molar-refractivity contribution is -0.142. The summed E-state index contributed by atoms with van der Waals surface area (Å²) < 4.78 is 1.64. The molecule has 4 rings (SSSR count). The van der Waals surface area contributed by atoms with E-state index in [1.54, 1.807) is 30.8 Å². The topological polar surface area (TPSA) is 204 Å². The van der Waals surface area contributed by atoms with Gasteiger partial charge in [-0.1, -0.05) is 37.3 Å². The molecule has 0 unspecified atom stereocenters. The summed E-state index contributed by atoms with van der Waals surface area (Å²) >= 11 is 0. The van der Waals surface area contributed by atoms with E-state index in [4.69, 9.17) is 0 Å². The van der Waals surface area contributed by atoms with Crippen molar-refractivity contribution in [2.45, 2.75) is 109 Å². The second kappa shape index (κ2) is 17.6. The molecule has 1 aromatic carbocycles. The first-order chi connectivity index (χ1) is 23.5. The van der Waals surface area contributed by atoms with Crippen molar-refractivity contribution < 1.29 is 33.9 Å². The summed E-state index contributed by atoms with van der Waals surface area (Å²) in [4.78, 5) is 86.4. The maximum absolute atomic E-state index is 14.0. The number of aliphatic hydroxyl groups is 1. The summed E-state index contributed by atoms with van der Waals surface area (Å²) in [6.07, 6.45) is 4.37. The zero-order valence-corrected chi connectivity index (χ0v) is 28.3. The van der Waals surface area contributed by atoms with Crippen LogP contribution >= 0.6 is 0 Å². The Bertz CT molecular complexity index is 1480. The van der Waals surface area contributed by atoms with E-state index in [0.29, 0.717) is 38.1 Å². The van der Waals surface area contributed by atoms with Crippen molar-refractivity contribution in [3.8, 4) is 0 Å².